The molecule has 104 valence electrons. The molecular weight excluding hydrogens is 278 g/mol. The van der Waals surface area contributed by atoms with Crippen LogP contribution in [-0.2, 0) is 0 Å². The minimum Gasteiger partial charge on any atom is -0.347 e. The summed E-state index contributed by atoms with van der Waals surface area (Å²) in [7, 11) is 3.63. The number of Topliss-reactive ketones (excluding diaryl/α,β-unsaturated/α-hetero) is 1. The Bertz CT molecular complexity index is 627. The molecule has 1 aromatic heterocycles. The Morgan fingerprint density at radius 1 is 1.15 bits per heavy atom. The van der Waals surface area contributed by atoms with Gasteiger partial charge in [-0.05, 0) is 42.8 Å². The summed E-state index contributed by atoms with van der Waals surface area (Å²) in [4.78, 5) is 25.2. The molecule has 0 spiro atoms. The zero-order chi connectivity index (χ0) is 14.7. The molecule has 20 heavy (non-hydrogen) atoms. The molecule has 6 nitrogen and oxygen atoms in total. The van der Waals surface area contributed by atoms with Crippen molar-refractivity contribution in [3.63, 3.8) is 0 Å². The van der Waals surface area contributed by atoms with Crippen LogP contribution in [-0.4, -0.2) is 34.8 Å². The summed E-state index contributed by atoms with van der Waals surface area (Å²) < 4.78 is 0. The zero-order valence-corrected chi connectivity index (χ0v) is 12.1. The van der Waals surface area contributed by atoms with Crippen molar-refractivity contribution in [2.75, 3.05) is 24.3 Å². The number of rotatable bonds is 4. The van der Waals surface area contributed by atoms with Gasteiger partial charge >= 0.3 is 0 Å². The van der Waals surface area contributed by atoms with Crippen LogP contribution in [0.15, 0.2) is 24.3 Å². The van der Waals surface area contributed by atoms with Gasteiger partial charge in [0.1, 0.15) is 0 Å². The largest absolute Gasteiger partial charge is 0.347 e. The van der Waals surface area contributed by atoms with Gasteiger partial charge in [0.05, 0.1) is 0 Å². The van der Waals surface area contributed by atoms with Crippen molar-refractivity contribution in [2.45, 2.75) is 6.92 Å². The van der Waals surface area contributed by atoms with Crippen LogP contribution in [0.3, 0.4) is 0 Å². The number of aromatic nitrogens is 3. The lowest BCUT2D eigenvalue weighted by atomic mass is 10.1. The lowest BCUT2D eigenvalue weighted by Gasteiger charge is -2.11. The molecule has 1 aromatic carbocycles. The van der Waals surface area contributed by atoms with Gasteiger partial charge in [-0.1, -0.05) is 0 Å². The maximum absolute atomic E-state index is 11.2. The second-order valence-electron chi connectivity index (χ2n) is 4.38. The van der Waals surface area contributed by atoms with Crippen molar-refractivity contribution in [3.8, 4) is 0 Å². The van der Waals surface area contributed by atoms with Gasteiger partial charge in [-0.2, -0.15) is 15.0 Å². The number of ketones is 1. The molecular formula is C13H14ClN5O. The Hall–Kier alpha value is -2.21. The van der Waals surface area contributed by atoms with Crippen LogP contribution < -0.4 is 10.2 Å². The fraction of sp³-hybridized carbons (Fsp3) is 0.231. The van der Waals surface area contributed by atoms with Gasteiger partial charge in [-0.15, -0.1) is 0 Å². The van der Waals surface area contributed by atoms with E-state index in [0.717, 1.165) is 5.69 Å². The first-order valence-corrected chi connectivity index (χ1v) is 6.30. The lowest BCUT2D eigenvalue weighted by molar-refractivity contribution is 0.101. The predicted octanol–water partition coefficient (Wildman–Crippen LogP) is 2.54. The molecule has 0 saturated carbocycles. The average Bonchev–Trinajstić information content (AvgIpc) is 2.38. The van der Waals surface area contributed by atoms with Crippen molar-refractivity contribution in [2.24, 2.45) is 0 Å². The molecule has 0 saturated heterocycles. The fourth-order valence-corrected chi connectivity index (χ4v) is 1.67. The Balaban J connectivity index is 2.23. The summed E-state index contributed by atoms with van der Waals surface area (Å²) in [5, 5.41) is 3.14. The SMILES string of the molecule is CC(=O)c1ccc(Nc2nc(Cl)nc(N(C)C)n2)cc1. The standard InChI is InChI=1S/C13H14ClN5O/c1-8(20)9-4-6-10(7-5-9)15-12-16-11(14)17-13(18-12)19(2)3/h4-7H,1-3H3,(H,15,16,17,18). The topological polar surface area (TPSA) is 71.0 Å². The number of anilines is 3. The number of nitrogens with zero attached hydrogens (tertiary/aromatic N) is 4. The van der Waals surface area contributed by atoms with Gasteiger partial charge in [0.25, 0.3) is 0 Å². The Labute approximate surface area is 121 Å². The van der Waals surface area contributed by atoms with Gasteiger partial charge < -0.3 is 10.2 Å². The van der Waals surface area contributed by atoms with Crippen molar-refractivity contribution < 1.29 is 4.79 Å². The summed E-state index contributed by atoms with van der Waals surface area (Å²) in [6, 6.07) is 7.04. The Morgan fingerprint density at radius 3 is 2.35 bits per heavy atom. The van der Waals surface area contributed by atoms with Crippen LogP contribution in [0.2, 0.25) is 5.28 Å². The molecule has 0 fully saturated rings. The molecule has 0 radical (unpaired) electrons. The molecule has 2 rings (SSSR count). The van der Waals surface area contributed by atoms with Crippen LogP contribution >= 0.6 is 11.6 Å². The quantitative estimate of drug-likeness (QED) is 0.873. The highest BCUT2D eigenvalue weighted by Gasteiger charge is 2.07. The first-order valence-electron chi connectivity index (χ1n) is 5.92. The molecule has 0 amide bonds. The summed E-state index contributed by atoms with van der Waals surface area (Å²) in [5.74, 6) is 0.840. The first-order chi connectivity index (χ1) is 9.45. The summed E-state index contributed by atoms with van der Waals surface area (Å²) in [6.45, 7) is 1.53. The third-order valence-electron chi connectivity index (χ3n) is 2.54. The minimum atomic E-state index is 0.0228. The van der Waals surface area contributed by atoms with Crippen LogP contribution in [0.4, 0.5) is 17.6 Å². The van der Waals surface area contributed by atoms with Crippen molar-refractivity contribution in [1.29, 1.82) is 0 Å². The van der Waals surface area contributed by atoms with E-state index in [-0.39, 0.29) is 11.1 Å². The van der Waals surface area contributed by atoms with E-state index in [1.54, 1.807) is 29.2 Å². The van der Waals surface area contributed by atoms with E-state index < -0.39 is 0 Å². The van der Waals surface area contributed by atoms with E-state index >= 15 is 0 Å². The van der Waals surface area contributed by atoms with E-state index in [2.05, 4.69) is 20.3 Å². The third-order valence-corrected chi connectivity index (χ3v) is 2.71. The number of nitrogens with one attached hydrogen (secondary N) is 1. The van der Waals surface area contributed by atoms with E-state index in [1.165, 1.54) is 6.92 Å². The van der Waals surface area contributed by atoms with E-state index in [9.17, 15) is 4.79 Å². The highest BCUT2D eigenvalue weighted by Crippen LogP contribution is 2.17. The molecule has 0 atom stereocenters. The Morgan fingerprint density at radius 2 is 1.80 bits per heavy atom. The second-order valence-corrected chi connectivity index (χ2v) is 4.72. The number of hydrogen-bond acceptors (Lipinski definition) is 6. The van der Waals surface area contributed by atoms with E-state index in [1.807, 2.05) is 14.1 Å². The van der Waals surface area contributed by atoms with Gasteiger partial charge in [0, 0.05) is 25.3 Å². The first kappa shape index (κ1) is 14.2. The molecule has 0 aliphatic heterocycles. The van der Waals surface area contributed by atoms with Crippen molar-refractivity contribution >= 4 is 35.0 Å². The number of benzene rings is 1. The van der Waals surface area contributed by atoms with Gasteiger partial charge in [-0.25, -0.2) is 0 Å². The molecule has 1 heterocycles. The van der Waals surface area contributed by atoms with Gasteiger partial charge in [-0.3, -0.25) is 4.79 Å². The number of carbonyl (C=O) groups excluding carboxylic acids is 1. The molecule has 7 heteroatoms. The van der Waals surface area contributed by atoms with E-state index in [0.29, 0.717) is 17.5 Å². The third kappa shape index (κ3) is 3.42. The highest BCUT2D eigenvalue weighted by atomic mass is 35.5. The summed E-state index contributed by atoms with van der Waals surface area (Å²) >= 11 is 5.85. The van der Waals surface area contributed by atoms with Gasteiger partial charge in [0.2, 0.25) is 17.2 Å². The van der Waals surface area contributed by atoms with Crippen molar-refractivity contribution in [3.05, 3.63) is 35.1 Å². The lowest BCUT2D eigenvalue weighted by Crippen LogP contribution is -2.14. The number of halogens is 1. The molecule has 2 aromatic rings. The molecule has 0 aliphatic rings. The van der Waals surface area contributed by atoms with E-state index in [4.69, 9.17) is 11.6 Å². The molecule has 0 aliphatic carbocycles. The summed E-state index contributed by atoms with van der Waals surface area (Å²) in [6.07, 6.45) is 0. The van der Waals surface area contributed by atoms with Crippen LogP contribution in [0.25, 0.3) is 0 Å². The Kier molecular flexibility index (Phi) is 4.14. The smallest absolute Gasteiger partial charge is 0.233 e. The number of carbonyl (C=O) groups is 1. The van der Waals surface area contributed by atoms with Gasteiger partial charge in [0.15, 0.2) is 5.78 Å². The van der Waals surface area contributed by atoms with Crippen LogP contribution in [0, 0.1) is 0 Å². The fourth-order valence-electron chi connectivity index (χ4n) is 1.51. The summed E-state index contributed by atoms with van der Waals surface area (Å²) in [5.41, 5.74) is 1.42. The zero-order valence-electron chi connectivity index (χ0n) is 11.4. The maximum atomic E-state index is 11.2. The van der Waals surface area contributed by atoms with Crippen LogP contribution in [0.5, 0.6) is 0 Å². The average molecular weight is 292 g/mol. The molecule has 0 unspecified atom stereocenters. The monoisotopic (exact) mass is 291 g/mol. The highest BCUT2D eigenvalue weighted by molar-refractivity contribution is 6.28. The minimum absolute atomic E-state index is 0.0228. The maximum Gasteiger partial charge on any atom is 0.233 e. The molecule has 1 N–H and O–H groups in total. The van der Waals surface area contributed by atoms with Crippen molar-refractivity contribution in [1.82, 2.24) is 15.0 Å². The normalized spacial score (nSPS) is 10.2. The number of hydrogen-bond donors (Lipinski definition) is 1. The predicted molar refractivity (Wildman–Crippen MR) is 78.9 cm³/mol. The van der Waals surface area contributed by atoms with Crippen LogP contribution in [0.1, 0.15) is 17.3 Å². The second kappa shape index (κ2) is 5.83. The molecule has 0 bridgehead atoms.